The highest BCUT2D eigenvalue weighted by molar-refractivity contribution is 9.10. The first-order valence-corrected chi connectivity index (χ1v) is 7.57. The molecule has 0 atom stereocenters. The van der Waals surface area contributed by atoms with Gasteiger partial charge in [-0.1, -0.05) is 6.42 Å². The van der Waals surface area contributed by atoms with E-state index in [0.717, 1.165) is 19.3 Å². The highest BCUT2D eigenvalue weighted by Gasteiger charge is 2.23. The highest BCUT2D eigenvalue weighted by atomic mass is 79.9. The van der Waals surface area contributed by atoms with Gasteiger partial charge in [0.15, 0.2) is 5.82 Å². The van der Waals surface area contributed by atoms with Gasteiger partial charge in [-0.15, -0.1) is 0 Å². The summed E-state index contributed by atoms with van der Waals surface area (Å²) in [7, 11) is -3.48. The topological polar surface area (TPSA) is 75.2 Å². The summed E-state index contributed by atoms with van der Waals surface area (Å²) in [5, 5.41) is 0. The van der Waals surface area contributed by atoms with Crippen LogP contribution < -0.4 is 4.72 Å². The van der Waals surface area contributed by atoms with Crippen molar-refractivity contribution in [3.05, 3.63) is 17.0 Å². The van der Waals surface area contributed by atoms with E-state index in [2.05, 4.69) is 30.6 Å². The van der Waals surface area contributed by atoms with Crippen molar-refractivity contribution in [2.24, 2.45) is 0 Å². The van der Waals surface area contributed by atoms with Gasteiger partial charge in [-0.3, -0.25) is 4.72 Å². The molecule has 1 aliphatic rings. The van der Waals surface area contributed by atoms with Crippen molar-refractivity contribution < 1.29 is 8.42 Å². The first-order chi connectivity index (χ1) is 8.08. The average Bonchev–Trinajstić information content (AvgIpc) is 2.33. The summed E-state index contributed by atoms with van der Waals surface area (Å²) in [6.07, 6.45) is 5.74. The number of anilines is 1. The van der Waals surface area contributed by atoms with E-state index in [0.29, 0.717) is 17.7 Å². The molecule has 94 valence electrons. The molecule has 1 fully saturated rings. The molecular weight excluding hydrogens is 308 g/mol. The molecule has 1 saturated heterocycles. The summed E-state index contributed by atoms with van der Waals surface area (Å²) < 4.78 is 28.4. The maximum absolute atomic E-state index is 12.0. The van der Waals surface area contributed by atoms with Gasteiger partial charge in [0.05, 0.1) is 12.4 Å². The van der Waals surface area contributed by atoms with Crippen LogP contribution in [-0.2, 0) is 10.2 Å². The third kappa shape index (κ3) is 3.36. The summed E-state index contributed by atoms with van der Waals surface area (Å²) >= 11 is 3.14. The highest BCUT2D eigenvalue weighted by Crippen LogP contribution is 2.15. The maximum atomic E-state index is 12.0. The van der Waals surface area contributed by atoms with Crippen molar-refractivity contribution in [2.75, 3.05) is 17.8 Å². The Morgan fingerprint density at radius 2 is 1.88 bits per heavy atom. The van der Waals surface area contributed by atoms with Gasteiger partial charge >= 0.3 is 10.2 Å². The number of hydrogen-bond acceptors (Lipinski definition) is 4. The van der Waals surface area contributed by atoms with Gasteiger partial charge in [-0.25, -0.2) is 9.97 Å². The van der Waals surface area contributed by atoms with Crippen LogP contribution in [-0.4, -0.2) is 35.8 Å². The second-order valence-corrected chi connectivity index (χ2v) is 6.27. The van der Waals surface area contributed by atoms with Gasteiger partial charge in [0, 0.05) is 13.1 Å². The van der Waals surface area contributed by atoms with Crippen LogP contribution in [0.2, 0.25) is 0 Å². The van der Waals surface area contributed by atoms with Gasteiger partial charge in [0.2, 0.25) is 0 Å². The molecule has 0 aromatic carbocycles. The average molecular weight is 321 g/mol. The molecule has 2 heterocycles. The second-order valence-electron chi connectivity index (χ2n) is 3.79. The number of nitrogens with zero attached hydrogens (tertiary/aromatic N) is 3. The van der Waals surface area contributed by atoms with Crippen LogP contribution in [0.25, 0.3) is 0 Å². The lowest BCUT2D eigenvalue weighted by Gasteiger charge is -2.25. The first kappa shape index (κ1) is 12.7. The Bertz CT molecular complexity index is 470. The smallest absolute Gasteiger partial charge is 0.253 e. The molecule has 2 rings (SSSR count). The molecule has 17 heavy (non-hydrogen) atoms. The van der Waals surface area contributed by atoms with Crippen molar-refractivity contribution >= 4 is 32.0 Å². The molecular formula is C9H13BrN4O2S. The molecule has 1 aromatic rings. The van der Waals surface area contributed by atoms with Gasteiger partial charge < -0.3 is 0 Å². The molecule has 0 bridgehead atoms. The Morgan fingerprint density at radius 3 is 2.47 bits per heavy atom. The standard InChI is InChI=1S/C9H13BrN4O2S/c10-8-6-12-9(7-11-8)13-17(15,16)14-4-2-1-3-5-14/h6-7H,1-5H2,(H,12,13). The van der Waals surface area contributed by atoms with Gasteiger partial charge in [0.1, 0.15) is 4.60 Å². The largest absolute Gasteiger partial charge is 0.302 e. The van der Waals surface area contributed by atoms with E-state index in [4.69, 9.17) is 0 Å². The normalized spacial score (nSPS) is 17.9. The van der Waals surface area contributed by atoms with Gasteiger partial charge in [-0.2, -0.15) is 12.7 Å². The number of aromatic nitrogens is 2. The fourth-order valence-electron chi connectivity index (χ4n) is 1.67. The number of nitrogens with one attached hydrogen (secondary N) is 1. The molecule has 0 aliphatic carbocycles. The minimum atomic E-state index is -3.48. The Labute approximate surface area is 109 Å². The Kier molecular flexibility index (Phi) is 3.95. The van der Waals surface area contributed by atoms with Crippen molar-refractivity contribution in [3.63, 3.8) is 0 Å². The van der Waals surface area contributed by atoms with Crippen molar-refractivity contribution in [1.29, 1.82) is 0 Å². The number of piperidine rings is 1. The van der Waals surface area contributed by atoms with Gasteiger partial charge in [-0.05, 0) is 28.8 Å². The van der Waals surface area contributed by atoms with Gasteiger partial charge in [0.25, 0.3) is 0 Å². The molecule has 0 saturated carbocycles. The number of halogens is 1. The lowest BCUT2D eigenvalue weighted by molar-refractivity contribution is 0.349. The molecule has 0 spiro atoms. The third-order valence-corrected chi connectivity index (χ3v) is 4.43. The predicted octanol–water partition coefficient (Wildman–Crippen LogP) is 1.38. The molecule has 6 nitrogen and oxygen atoms in total. The fourth-order valence-corrected chi connectivity index (χ4v) is 3.11. The van der Waals surface area contributed by atoms with Crippen LogP contribution in [0.4, 0.5) is 5.82 Å². The maximum Gasteiger partial charge on any atom is 0.302 e. The first-order valence-electron chi connectivity index (χ1n) is 5.33. The Morgan fingerprint density at radius 1 is 1.18 bits per heavy atom. The summed E-state index contributed by atoms with van der Waals surface area (Å²) in [5.74, 6) is 0.235. The number of rotatable bonds is 3. The van der Waals surface area contributed by atoms with E-state index in [9.17, 15) is 8.42 Å². The molecule has 0 radical (unpaired) electrons. The van der Waals surface area contributed by atoms with Crippen molar-refractivity contribution in [3.8, 4) is 0 Å². The molecule has 0 unspecified atom stereocenters. The molecule has 1 N–H and O–H groups in total. The van der Waals surface area contributed by atoms with E-state index in [-0.39, 0.29) is 5.82 Å². The zero-order valence-corrected chi connectivity index (χ0v) is 11.5. The fraction of sp³-hybridized carbons (Fsp3) is 0.556. The Balaban J connectivity index is 2.08. The summed E-state index contributed by atoms with van der Waals surface area (Å²) in [6, 6.07) is 0. The van der Waals surface area contributed by atoms with Crippen LogP contribution in [0, 0.1) is 0 Å². The molecule has 0 amide bonds. The Hall–Kier alpha value is -0.730. The zero-order chi connectivity index (χ0) is 12.3. The van der Waals surface area contributed by atoms with Crippen LogP contribution >= 0.6 is 15.9 Å². The van der Waals surface area contributed by atoms with E-state index in [1.54, 1.807) is 0 Å². The minimum Gasteiger partial charge on any atom is -0.253 e. The monoisotopic (exact) mass is 320 g/mol. The minimum absolute atomic E-state index is 0.235. The van der Waals surface area contributed by atoms with Crippen LogP contribution in [0.15, 0.2) is 17.0 Å². The van der Waals surface area contributed by atoms with E-state index >= 15 is 0 Å². The summed E-state index contributed by atoms with van der Waals surface area (Å²) in [5.41, 5.74) is 0. The molecule has 8 heteroatoms. The van der Waals surface area contributed by atoms with Crippen LogP contribution in [0.5, 0.6) is 0 Å². The number of hydrogen-bond donors (Lipinski definition) is 1. The SMILES string of the molecule is O=S(=O)(Nc1cnc(Br)cn1)N1CCCCC1. The quantitative estimate of drug-likeness (QED) is 0.913. The zero-order valence-electron chi connectivity index (χ0n) is 9.13. The second kappa shape index (κ2) is 5.28. The summed E-state index contributed by atoms with van der Waals surface area (Å²) in [4.78, 5) is 7.85. The molecule has 1 aliphatic heterocycles. The lowest BCUT2D eigenvalue weighted by Crippen LogP contribution is -2.39. The van der Waals surface area contributed by atoms with E-state index < -0.39 is 10.2 Å². The third-order valence-electron chi connectivity index (χ3n) is 2.51. The van der Waals surface area contributed by atoms with Crippen molar-refractivity contribution in [1.82, 2.24) is 14.3 Å². The lowest BCUT2D eigenvalue weighted by atomic mass is 10.2. The van der Waals surface area contributed by atoms with E-state index in [1.165, 1.54) is 16.7 Å². The molecule has 1 aromatic heterocycles. The van der Waals surface area contributed by atoms with Crippen LogP contribution in [0.1, 0.15) is 19.3 Å². The predicted molar refractivity (Wildman–Crippen MR) is 67.7 cm³/mol. The van der Waals surface area contributed by atoms with E-state index in [1.807, 2.05) is 0 Å². The van der Waals surface area contributed by atoms with Crippen LogP contribution in [0.3, 0.4) is 0 Å². The van der Waals surface area contributed by atoms with Crippen molar-refractivity contribution in [2.45, 2.75) is 19.3 Å². The summed E-state index contributed by atoms with van der Waals surface area (Å²) in [6.45, 7) is 1.14.